The highest BCUT2D eigenvalue weighted by atomic mass is 79.9. The van der Waals surface area contributed by atoms with Crippen LogP contribution in [-0.4, -0.2) is 11.0 Å². The molecular weight excluding hydrogens is 339 g/mol. The summed E-state index contributed by atoms with van der Waals surface area (Å²) in [4.78, 5) is 4.91. The minimum Gasteiger partial charge on any atom is -0.310 e. The van der Waals surface area contributed by atoms with Gasteiger partial charge in [0.1, 0.15) is 10.8 Å². The lowest BCUT2D eigenvalue weighted by Crippen LogP contribution is -2.22. The van der Waals surface area contributed by atoms with Gasteiger partial charge in [0.2, 0.25) is 0 Å². The van der Waals surface area contributed by atoms with Gasteiger partial charge >= 0.3 is 0 Å². The summed E-state index contributed by atoms with van der Waals surface area (Å²) in [5.41, 5.74) is 0.946. The van der Waals surface area contributed by atoms with Crippen molar-refractivity contribution in [3.05, 3.63) is 52.4 Å². The lowest BCUT2D eigenvalue weighted by molar-refractivity contribution is 0.564. The quantitative estimate of drug-likeness (QED) is 0.846. The van der Waals surface area contributed by atoms with Gasteiger partial charge in [-0.25, -0.2) is 9.37 Å². The molecular formula is C15H16BrFN2S. The van der Waals surface area contributed by atoms with Gasteiger partial charge in [0.05, 0.1) is 9.37 Å². The Morgan fingerprint density at radius 1 is 1.30 bits per heavy atom. The van der Waals surface area contributed by atoms with E-state index in [1.165, 1.54) is 17.8 Å². The van der Waals surface area contributed by atoms with Gasteiger partial charge in [0, 0.05) is 18.8 Å². The number of nitrogens with zero attached hydrogens (tertiary/aromatic N) is 1. The molecule has 1 heterocycles. The highest BCUT2D eigenvalue weighted by molar-refractivity contribution is 9.10. The van der Waals surface area contributed by atoms with E-state index in [2.05, 4.69) is 40.1 Å². The second-order valence-corrected chi connectivity index (χ2v) is 6.51. The van der Waals surface area contributed by atoms with Crippen LogP contribution in [-0.2, 0) is 6.54 Å². The maximum atomic E-state index is 14.1. The summed E-state index contributed by atoms with van der Waals surface area (Å²) in [7, 11) is 0. The van der Waals surface area contributed by atoms with Crippen LogP contribution in [0.4, 0.5) is 4.39 Å². The number of hydrogen-bond acceptors (Lipinski definition) is 3. The van der Waals surface area contributed by atoms with Crippen LogP contribution >= 0.6 is 27.7 Å². The zero-order valence-corrected chi connectivity index (χ0v) is 13.8. The average Bonchev–Trinajstić information content (AvgIpc) is 2.41. The van der Waals surface area contributed by atoms with Crippen LogP contribution in [0.1, 0.15) is 19.4 Å². The molecule has 0 radical (unpaired) electrons. The highest BCUT2D eigenvalue weighted by Gasteiger charge is 2.12. The van der Waals surface area contributed by atoms with Gasteiger partial charge in [-0.05, 0) is 39.7 Å². The Morgan fingerprint density at radius 2 is 2.10 bits per heavy atom. The van der Waals surface area contributed by atoms with Crippen LogP contribution in [0.5, 0.6) is 0 Å². The molecule has 0 atom stereocenters. The van der Waals surface area contributed by atoms with Gasteiger partial charge in [-0.3, -0.25) is 0 Å². The van der Waals surface area contributed by atoms with Crippen LogP contribution in [0, 0.1) is 5.82 Å². The first-order valence-corrected chi connectivity index (χ1v) is 7.98. The SMILES string of the molecule is CC(C)NCc1cccc(F)c1Sc1ncccc1Br. The first-order chi connectivity index (χ1) is 9.58. The standard InChI is InChI=1S/C15H16BrFN2S/c1-10(2)19-9-11-5-3-7-13(17)14(11)20-15-12(16)6-4-8-18-15/h3-8,10,19H,9H2,1-2H3. The van der Waals surface area contributed by atoms with Gasteiger partial charge in [-0.2, -0.15) is 0 Å². The van der Waals surface area contributed by atoms with Gasteiger partial charge in [0.15, 0.2) is 0 Å². The second-order valence-electron chi connectivity index (χ2n) is 4.66. The molecule has 0 unspecified atom stereocenters. The van der Waals surface area contributed by atoms with Gasteiger partial charge in [-0.1, -0.05) is 37.7 Å². The fraction of sp³-hybridized carbons (Fsp3) is 0.267. The monoisotopic (exact) mass is 354 g/mol. The summed E-state index contributed by atoms with van der Waals surface area (Å²) < 4.78 is 15.0. The average molecular weight is 355 g/mol. The molecule has 0 amide bonds. The number of hydrogen-bond donors (Lipinski definition) is 1. The molecule has 106 valence electrons. The largest absolute Gasteiger partial charge is 0.310 e. The van der Waals surface area contributed by atoms with Crippen LogP contribution in [0.2, 0.25) is 0 Å². The maximum absolute atomic E-state index is 14.1. The van der Waals surface area contributed by atoms with Crippen LogP contribution < -0.4 is 5.32 Å². The third-order valence-electron chi connectivity index (χ3n) is 2.67. The third kappa shape index (κ3) is 4.04. The molecule has 0 aliphatic heterocycles. The number of aromatic nitrogens is 1. The highest BCUT2D eigenvalue weighted by Crippen LogP contribution is 2.35. The number of rotatable bonds is 5. The van der Waals surface area contributed by atoms with E-state index in [0.717, 1.165) is 15.1 Å². The Balaban J connectivity index is 2.28. The number of pyridine rings is 1. The molecule has 1 N–H and O–H groups in total. The number of benzene rings is 1. The molecule has 20 heavy (non-hydrogen) atoms. The number of halogens is 2. The van der Waals surface area contributed by atoms with E-state index in [9.17, 15) is 4.39 Å². The molecule has 0 bridgehead atoms. The maximum Gasteiger partial charge on any atom is 0.137 e. The van der Waals surface area contributed by atoms with Gasteiger partial charge in [-0.15, -0.1) is 0 Å². The minimum absolute atomic E-state index is 0.212. The van der Waals surface area contributed by atoms with E-state index in [4.69, 9.17) is 0 Å². The summed E-state index contributed by atoms with van der Waals surface area (Å²) in [5, 5.41) is 4.08. The molecule has 2 nitrogen and oxygen atoms in total. The molecule has 1 aromatic heterocycles. The first-order valence-electron chi connectivity index (χ1n) is 6.37. The fourth-order valence-electron chi connectivity index (χ4n) is 1.66. The van der Waals surface area contributed by atoms with Crippen molar-refractivity contribution in [2.45, 2.75) is 36.4 Å². The predicted molar refractivity (Wildman–Crippen MR) is 84.4 cm³/mol. The van der Waals surface area contributed by atoms with E-state index in [1.807, 2.05) is 18.2 Å². The van der Waals surface area contributed by atoms with E-state index < -0.39 is 0 Å². The molecule has 0 fully saturated rings. The fourth-order valence-corrected chi connectivity index (χ4v) is 3.07. The zero-order valence-electron chi connectivity index (χ0n) is 11.4. The van der Waals surface area contributed by atoms with Crippen molar-refractivity contribution in [1.29, 1.82) is 0 Å². The van der Waals surface area contributed by atoms with Gasteiger partial charge < -0.3 is 5.32 Å². The second kappa shape index (κ2) is 7.20. The summed E-state index contributed by atoms with van der Waals surface area (Å²) in [6.07, 6.45) is 1.71. The molecule has 0 spiro atoms. The van der Waals surface area contributed by atoms with Crippen molar-refractivity contribution < 1.29 is 4.39 Å². The van der Waals surface area contributed by atoms with E-state index >= 15 is 0 Å². The summed E-state index contributed by atoms with van der Waals surface area (Å²) in [5.74, 6) is -0.212. The van der Waals surface area contributed by atoms with Crippen molar-refractivity contribution in [2.75, 3.05) is 0 Å². The molecule has 0 aliphatic rings. The van der Waals surface area contributed by atoms with Crippen molar-refractivity contribution in [1.82, 2.24) is 10.3 Å². The molecule has 0 saturated heterocycles. The normalized spacial score (nSPS) is 11.1. The third-order valence-corrected chi connectivity index (χ3v) is 4.76. The summed E-state index contributed by atoms with van der Waals surface area (Å²) >= 11 is 4.79. The van der Waals surface area contributed by atoms with Crippen LogP contribution in [0.25, 0.3) is 0 Å². The molecule has 2 aromatic rings. The van der Waals surface area contributed by atoms with Crippen LogP contribution in [0.15, 0.2) is 50.9 Å². The molecule has 0 saturated carbocycles. The van der Waals surface area contributed by atoms with Crippen molar-refractivity contribution in [2.24, 2.45) is 0 Å². The van der Waals surface area contributed by atoms with Crippen LogP contribution in [0.3, 0.4) is 0 Å². The topological polar surface area (TPSA) is 24.9 Å². The van der Waals surface area contributed by atoms with E-state index in [-0.39, 0.29) is 5.82 Å². The number of nitrogens with one attached hydrogen (secondary N) is 1. The smallest absolute Gasteiger partial charge is 0.137 e. The van der Waals surface area contributed by atoms with Crippen molar-refractivity contribution in [3.63, 3.8) is 0 Å². The van der Waals surface area contributed by atoms with E-state index in [0.29, 0.717) is 17.5 Å². The Morgan fingerprint density at radius 3 is 2.80 bits per heavy atom. The minimum atomic E-state index is -0.212. The lowest BCUT2D eigenvalue weighted by atomic mass is 10.2. The van der Waals surface area contributed by atoms with E-state index in [1.54, 1.807) is 12.3 Å². The summed E-state index contributed by atoms with van der Waals surface area (Å²) in [6, 6.07) is 9.27. The molecule has 5 heteroatoms. The Hall–Kier alpha value is -0.910. The molecule has 2 rings (SSSR count). The Bertz CT molecular complexity index is 590. The zero-order chi connectivity index (χ0) is 14.5. The lowest BCUT2D eigenvalue weighted by Gasteiger charge is -2.13. The predicted octanol–water partition coefficient (Wildman–Crippen LogP) is 4.63. The first kappa shape index (κ1) is 15.5. The molecule has 1 aromatic carbocycles. The van der Waals surface area contributed by atoms with Gasteiger partial charge in [0.25, 0.3) is 0 Å². The summed E-state index contributed by atoms with van der Waals surface area (Å²) in [6.45, 7) is 4.78. The molecule has 0 aliphatic carbocycles. The Kier molecular flexibility index (Phi) is 5.57. The van der Waals surface area contributed by atoms with Crippen molar-refractivity contribution >= 4 is 27.7 Å². The Labute approximate surface area is 131 Å². The van der Waals surface area contributed by atoms with Crippen molar-refractivity contribution in [3.8, 4) is 0 Å².